The van der Waals surface area contributed by atoms with Crippen LogP contribution >= 0.6 is 11.8 Å². The van der Waals surface area contributed by atoms with E-state index in [1.807, 2.05) is 47.0 Å². The molecule has 3 aromatic rings. The number of amides is 1. The summed E-state index contributed by atoms with van der Waals surface area (Å²) in [6, 6.07) is 18.1. The minimum atomic E-state index is -3.10. The van der Waals surface area contributed by atoms with Crippen LogP contribution in [-0.2, 0) is 20.0 Å². The molecule has 7 nitrogen and oxygen atoms in total. The van der Waals surface area contributed by atoms with Crippen LogP contribution in [0.15, 0.2) is 59.8 Å². The second-order valence-corrected chi connectivity index (χ2v) is 13.2. The number of benzene rings is 2. The average molecular weight is 499 g/mol. The summed E-state index contributed by atoms with van der Waals surface area (Å²) < 4.78 is 25.6. The Labute approximate surface area is 205 Å². The third-order valence-electron chi connectivity index (χ3n) is 5.93. The van der Waals surface area contributed by atoms with Gasteiger partial charge in [0.25, 0.3) is 0 Å². The van der Waals surface area contributed by atoms with E-state index in [2.05, 4.69) is 48.4 Å². The lowest BCUT2D eigenvalue weighted by molar-refractivity contribution is -0.120. The molecule has 180 valence electrons. The van der Waals surface area contributed by atoms with Crippen LogP contribution in [0.3, 0.4) is 0 Å². The zero-order valence-corrected chi connectivity index (χ0v) is 21.5. The van der Waals surface area contributed by atoms with Crippen molar-refractivity contribution in [3.63, 3.8) is 0 Å². The molecular formula is C25H30N4O3S2. The molecule has 0 spiro atoms. The molecule has 0 bridgehead atoms. The largest absolute Gasteiger partial charge is 0.349 e. The molecule has 1 unspecified atom stereocenters. The predicted molar refractivity (Wildman–Crippen MR) is 136 cm³/mol. The molecule has 1 atom stereocenters. The zero-order valence-electron chi connectivity index (χ0n) is 19.9. The molecule has 2 heterocycles. The molecule has 1 amide bonds. The van der Waals surface area contributed by atoms with E-state index in [4.69, 9.17) is 0 Å². The predicted octanol–water partition coefficient (Wildman–Crippen LogP) is 4.02. The first-order valence-electron chi connectivity index (χ1n) is 11.2. The first kappa shape index (κ1) is 24.5. The lowest BCUT2D eigenvalue weighted by Gasteiger charge is -2.23. The minimum absolute atomic E-state index is 0.0225. The van der Waals surface area contributed by atoms with Gasteiger partial charge < -0.3 is 5.32 Å². The third kappa shape index (κ3) is 5.52. The molecule has 4 rings (SSSR count). The van der Waals surface area contributed by atoms with Gasteiger partial charge >= 0.3 is 0 Å². The fourth-order valence-corrected chi connectivity index (χ4v) is 6.94. The highest BCUT2D eigenvalue weighted by molar-refractivity contribution is 7.99. The molecule has 0 radical (unpaired) electrons. The number of carbonyl (C=O) groups excluding carboxylic acids is 1. The van der Waals surface area contributed by atoms with Gasteiger partial charge in [0, 0.05) is 11.3 Å². The number of carbonyl (C=O) groups is 1. The first-order chi connectivity index (χ1) is 16.0. The number of thioether (sulfide) groups is 1. The van der Waals surface area contributed by atoms with Crippen molar-refractivity contribution in [2.75, 3.05) is 17.3 Å². The van der Waals surface area contributed by atoms with Crippen LogP contribution < -0.4 is 5.32 Å². The van der Waals surface area contributed by atoms with Gasteiger partial charge in [-0.3, -0.25) is 9.36 Å². The van der Waals surface area contributed by atoms with Gasteiger partial charge in [-0.2, -0.15) is 0 Å². The number of aromatic nitrogens is 3. The smallest absolute Gasteiger partial charge is 0.230 e. The molecule has 0 aliphatic carbocycles. The Morgan fingerprint density at radius 2 is 1.76 bits per heavy atom. The Morgan fingerprint density at radius 3 is 2.35 bits per heavy atom. The van der Waals surface area contributed by atoms with Gasteiger partial charge in [0.1, 0.15) is 0 Å². The maximum absolute atomic E-state index is 12.7. The van der Waals surface area contributed by atoms with Crippen molar-refractivity contribution in [1.29, 1.82) is 0 Å². The van der Waals surface area contributed by atoms with Crippen LogP contribution in [0.25, 0.3) is 17.1 Å². The van der Waals surface area contributed by atoms with Crippen molar-refractivity contribution in [3.05, 3.63) is 60.2 Å². The first-order valence-corrected chi connectivity index (χ1v) is 14.0. The van der Waals surface area contributed by atoms with Gasteiger partial charge in [0.15, 0.2) is 20.8 Å². The van der Waals surface area contributed by atoms with Crippen LogP contribution in [0.5, 0.6) is 0 Å². The minimum Gasteiger partial charge on any atom is -0.349 e. The highest BCUT2D eigenvalue weighted by atomic mass is 32.2. The second-order valence-electron chi connectivity index (χ2n) is 10.0. The number of rotatable bonds is 6. The van der Waals surface area contributed by atoms with E-state index < -0.39 is 15.4 Å². The SMILES string of the molecule is CC1(NC(=O)CSc2nnc(-c3ccc(C(C)(C)C)cc3)n2-c2ccccc2)CCS(=O)(=O)C1. The maximum atomic E-state index is 12.7. The van der Waals surface area contributed by atoms with E-state index in [0.29, 0.717) is 17.4 Å². The number of sulfone groups is 1. The summed E-state index contributed by atoms with van der Waals surface area (Å²) in [6.07, 6.45) is 0.431. The fraction of sp³-hybridized carbons (Fsp3) is 0.400. The Morgan fingerprint density at radius 1 is 1.09 bits per heavy atom. The van der Waals surface area contributed by atoms with Gasteiger partial charge in [0.2, 0.25) is 5.91 Å². The summed E-state index contributed by atoms with van der Waals surface area (Å²) in [7, 11) is -3.10. The van der Waals surface area contributed by atoms with Crippen molar-refractivity contribution in [2.45, 2.75) is 50.2 Å². The zero-order chi connectivity index (χ0) is 24.6. The third-order valence-corrected chi connectivity index (χ3v) is 8.77. The van der Waals surface area contributed by atoms with E-state index >= 15 is 0 Å². The van der Waals surface area contributed by atoms with Gasteiger partial charge in [0.05, 0.1) is 22.8 Å². The van der Waals surface area contributed by atoms with E-state index in [9.17, 15) is 13.2 Å². The van der Waals surface area contributed by atoms with E-state index in [0.717, 1.165) is 11.3 Å². The van der Waals surface area contributed by atoms with Crippen molar-refractivity contribution in [3.8, 4) is 17.1 Å². The highest BCUT2D eigenvalue weighted by Crippen LogP contribution is 2.30. The summed E-state index contributed by atoms with van der Waals surface area (Å²) in [5.41, 5.74) is 2.40. The van der Waals surface area contributed by atoms with Gasteiger partial charge in [-0.25, -0.2) is 8.42 Å². The molecule has 1 aliphatic rings. The standard InChI is InChI=1S/C25H30N4O3S2/c1-24(2,3)19-12-10-18(11-13-19)22-27-28-23(29(22)20-8-6-5-7-9-20)33-16-21(30)26-25(4)14-15-34(31,32)17-25/h5-13H,14-17H2,1-4H3,(H,26,30). The summed E-state index contributed by atoms with van der Waals surface area (Å²) in [5.74, 6) is 0.678. The van der Waals surface area contributed by atoms with Crippen molar-refractivity contribution in [2.24, 2.45) is 0 Å². The van der Waals surface area contributed by atoms with Crippen LogP contribution in [0.4, 0.5) is 0 Å². The van der Waals surface area contributed by atoms with Crippen LogP contribution in [0.2, 0.25) is 0 Å². The summed E-state index contributed by atoms with van der Waals surface area (Å²) in [5, 5.41) is 12.3. The lowest BCUT2D eigenvalue weighted by Crippen LogP contribution is -2.47. The van der Waals surface area contributed by atoms with Crippen LogP contribution in [-0.4, -0.2) is 51.9 Å². The Hall–Kier alpha value is -2.65. The topological polar surface area (TPSA) is 93.9 Å². The van der Waals surface area contributed by atoms with Crippen molar-refractivity contribution in [1.82, 2.24) is 20.1 Å². The molecule has 0 saturated carbocycles. The Balaban J connectivity index is 1.57. The van der Waals surface area contributed by atoms with E-state index in [1.165, 1.54) is 17.3 Å². The second kappa shape index (κ2) is 9.19. The van der Waals surface area contributed by atoms with Crippen LogP contribution in [0, 0.1) is 0 Å². The van der Waals surface area contributed by atoms with Crippen molar-refractivity contribution >= 4 is 27.5 Å². The van der Waals surface area contributed by atoms with Gasteiger partial charge in [-0.05, 0) is 36.5 Å². The number of nitrogens with zero attached hydrogens (tertiary/aromatic N) is 3. The molecule has 1 saturated heterocycles. The molecule has 1 aliphatic heterocycles. The molecule has 1 N–H and O–H groups in total. The number of nitrogens with one attached hydrogen (secondary N) is 1. The van der Waals surface area contributed by atoms with Crippen LogP contribution in [0.1, 0.15) is 39.7 Å². The average Bonchev–Trinajstić information content (AvgIpc) is 3.32. The van der Waals surface area contributed by atoms with Gasteiger partial charge in [-0.15, -0.1) is 10.2 Å². The summed E-state index contributed by atoms with van der Waals surface area (Å²) >= 11 is 1.28. The lowest BCUT2D eigenvalue weighted by atomic mass is 9.87. The maximum Gasteiger partial charge on any atom is 0.230 e. The number of hydrogen-bond acceptors (Lipinski definition) is 6. The molecule has 9 heteroatoms. The Kier molecular flexibility index (Phi) is 6.61. The molecular weight excluding hydrogens is 468 g/mol. The van der Waals surface area contributed by atoms with Gasteiger partial charge in [-0.1, -0.05) is 75.0 Å². The fourth-order valence-electron chi connectivity index (χ4n) is 4.09. The number of para-hydroxylation sites is 1. The molecule has 1 aromatic heterocycles. The quantitative estimate of drug-likeness (QED) is 0.516. The van der Waals surface area contributed by atoms with Crippen molar-refractivity contribution < 1.29 is 13.2 Å². The summed E-state index contributed by atoms with van der Waals surface area (Å²) in [4.78, 5) is 12.7. The monoisotopic (exact) mass is 498 g/mol. The molecule has 2 aromatic carbocycles. The Bertz CT molecular complexity index is 1280. The number of hydrogen-bond donors (Lipinski definition) is 1. The highest BCUT2D eigenvalue weighted by Gasteiger charge is 2.39. The van der Waals surface area contributed by atoms with E-state index in [1.54, 1.807) is 6.92 Å². The molecule has 34 heavy (non-hydrogen) atoms. The normalized spacial score (nSPS) is 19.8. The van der Waals surface area contributed by atoms with E-state index in [-0.39, 0.29) is 28.6 Å². The summed E-state index contributed by atoms with van der Waals surface area (Å²) in [6.45, 7) is 8.31. The molecule has 1 fully saturated rings.